The Kier molecular flexibility index (Phi) is 44.4. The van der Waals surface area contributed by atoms with E-state index in [1.54, 1.807) is 0 Å². The van der Waals surface area contributed by atoms with Gasteiger partial charge in [-0.1, -0.05) is 114 Å². The molecule has 4 saturated carbocycles. The molecule has 4 aliphatic carbocycles. The standard InChI is InChI=1S/4C3H6.5CH4/c4*1-2-3-1;;;;;/h4*1-3H2;5*1H4. The van der Waals surface area contributed by atoms with Crippen LogP contribution in [0.15, 0.2) is 0 Å². The average Bonchev–Trinajstić information content (AvgIpc) is 2.99. The SMILES string of the molecule is C.C.C.C.C.C1CC1.C1CC1.C1CC1.C1CC1. The molecule has 0 heterocycles. The molecule has 0 nitrogen and oxygen atoms in total. The maximum atomic E-state index is 1.50. The Morgan fingerprint density at radius 2 is 0.235 bits per heavy atom. The van der Waals surface area contributed by atoms with Crippen LogP contribution < -0.4 is 0 Å². The second kappa shape index (κ2) is 25.0. The van der Waals surface area contributed by atoms with E-state index in [4.69, 9.17) is 0 Å². The van der Waals surface area contributed by atoms with Crippen LogP contribution >= 0.6 is 0 Å². The minimum absolute atomic E-state index is 0. The predicted molar refractivity (Wildman–Crippen MR) is 89.1 cm³/mol. The molecule has 0 radical (unpaired) electrons. The third-order valence-electron chi connectivity index (χ3n) is 1.41. The van der Waals surface area contributed by atoms with Crippen molar-refractivity contribution in [2.24, 2.45) is 0 Å². The minimum atomic E-state index is 0. The Morgan fingerprint density at radius 1 is 0.176 bits per heavy atom. The fraction of sp³-hybridized carbons (Fsp3) is 1.00. The molecule has 4 aliphatic rings. The van der Waals surface area contributed by atoms with Crippen molar-refractivity contribution in [3.8, 4) is 0 Å². The van der Waals surface area contributed by atoms with E-state index in [0.717, 1.165) is 0 Å². The van der Waals surface area contributed by atoms with Crippen LogP contribution in [0.2, 0.25) is 0 Å². The predicted octanol–water partition coefficient (Wildman–Crippen LogP) is 7.86. The van der Waals surface area contributed by atoms with E-state index in [9.17, 15) is 0 Å². The van der Waals surface area contributed by atoms with Gasteiger partial charge in [-0.05, 0) is 0 Å². The summed E-state index contributed by atoms with van der Waals surface area (Å²) in [6, 6.07) is 0. The maximum Gasteiger partial charge on any atom is -0.0533 e. The molecule has 0 unspecified atom stereocenters. The Labute approximate surface area is 115 Å². The van der Waals surface area contributed by atoms with Crippen LogP contribution in [0, 0.1) is 0 Å². The highest BCUT2D eigenvalue weighted by atomic mass is 14.0. The van der Waals surface area contributed by atoms with Gasteiger partial charge in [-0.15, -0.1) is 0 Å². The summed E-state index contributed by atoms with van der Waals surface area (Å²) in [4.78, 5) is 0. The van der Waals surface area contributed by atoms with Gasteiger partial charge in [0.25, 0.3) is 0 Å². The minimum Gasteiger partial charge on any atom is -0.0776 e. The van der Waals surface area contributed by atoms with Crippen LogP contribution in [-0.4, -0.2) is 0 Å². The fourth-order valence-electron chi connectivity index (χ4n) is 0. The molecule has 0 heteroatoms. The largest absolute Gasteiger partial charge is 0.0776 e. The summed E-state index contributed by atoms with van der Waals surface area (Å²) in [5, 5.41) is 0. The summed E-state index contributed by atoms with van der Waals surface area (Å²) in [6.45, 7) is 0. The van der Waals surface area contributed by atoms with Crippen LogP contribution in [-0.2, 0) is 0 Å². The Balaban J connectivity index is -0.0000000343. The van der Waals surface area contributed by atoms with Crippen LogP contribution in [0.1, 0.15) is 114 Å². The van der Waals surface area contributed by atoms with Gasteiger partial charge in [-0.2, -0.15) is 0 Å². The highest BCUT2D eigenvalue weighted by Gasteiger charge is 1.96. The van der Waals surface area contributed by atoms with E-state index in [1.165, 1.54) is 77.0 Å². The topological polar surface area (TPSA) is 0 Å². The van der Waals surface area contributed by atoms with Gasteiger partial charge >= 0.3 is 0 Å². The summed E-state index contributed by atoms with van der Waals surface area (Å²) in [5.74, 6) is 0. The van der Waals surface area contributed by atoms with Gasteiger partial charge in [0.2, 0.25) is 0 Å². The molecule has 4 fully saturated rings. The van der Waals surface area contributed by atoms with Gasteiger partial charge in [0.1, 0.15) is 0 Å². The molecule has 0 aromatic rings. The lowest BCUT2D eigenvalue weighted by Gasteiger charge is -1.05. The molecule has 17 heavy (non-hydrogen) atoms. The molecule has 0 bridgehead atoms. The summed E-state index contributed by atoms with van der Waals surface area (Å²) < 4.78 is 0. The van der Waals surface area contributed by atoms with Crippen LogP contribution in [0.3, 0.4) is 0 Å². The van der Waals surface area contributed by atoms with Crippen molar-refractivity contribution in [3.05, 3.63) is 0 Å². The maximum absolute atomic E-state index is 1.50. The zero-order valence-corrected chi connectivity index (χ0v) is 8.49. The summed E-state index contributed by atoms with van der Waals surface area (Å²) >= 11 is 0. The zero-order valence-electron chi connectivity index (χ0n) is 8.49. The van der Waals surface area contributed by atoms with Crippen molar-refractivity contribution in [1.82, 2.24) is 0 Å². The van der Waals surface area contributed by atoms with Gasteiger partial charge in [-0.25, -0.2) is 0 Å². The Morgan fingerprint density at radius 3 is 0.235 bits per heavy atom. The molecule has 0 N–H and O–H groups in total. The van der Waals surface area contributed by atoms with Gasteiger partial charge in [-0.3, -0.25) is 0 Å². The molecule has 0 atom stereocenters. The molecular weight excluding hydrogens is 204 g/mol. The lowest BCUT2D eigenvalue weighted by atomic mass is 11.0. The molecule has 0 aromatic carbocycles. The number of hydrogen-bond acceptors (Lipinski definition) is 0. The van der Waals surface area contributed by atoms with Crippen molar-refractivity contribution >= 4 is 0 Å². The molecule has 112 valence electrons. The van der Waals surface area contributed by atoms with E-state index in [0.29, 0.717) is 0 Å². The number of rotatable bonds is 0. The first-order chi connectivity index (χ1) is 6.00. The quantitative estimate of drug-likeness (QED) is 0.409. The van der Waals surface area contributed by atoms with Gasteiger partial charge in [0.05, 0.1) is 0 Å². The van der Waals surface area contributed by atoms with Crippen molar-refractivity contribution in [2.45, 2.75) is 114 Å². The second-order valence-electron chi connectivity index (χ2n) is 4.24. The third kappa shape index (κ3) is 196. The van der Waals surface area contributed by atoms with E-state index in [1.807, 2.05) is 0 Å². The first-order valence-electron chi connectivity index (χ1n) is 6.00. The first kappa shape index (κ1) is 30.2. The zero-order chi connectivity index (χ0) is 8.49. The summed E-state index contributed by atoms with van der Waals surface area (Å²) in [7, 11) is 0. The van der Waals surface area contributed by atoms with Crippen LogP contribution in [0.4, 0.5) is 0 Å². The average molecular weight is 249 g/mol. The van der Waals surface area contributed by atoms with E-state index in [2.05, 4.69) is 0 Å². The fourth-order valence-corrected chi connectivity index (χ4v) is 0. The normalized spacial score (nSPS) is 16.9. The van der Waals surface area contributed by atoms with Crippen molar-refractivity contribution in [3.63, 3.8) is 0 Å². The molecule has 0 amide bonds. The molecular formula is C17H44. The van der Waals surface area contributed by atoms with Crippen molar-refractivity contribution in [1.29, 1.82) is 0 Å². The molecule has 0 saturated heterocycles. The molecule has 0 aromatic heterocycles. The van der Waals surface area contributed by atoms with Crippen molar-refractivity contribution in [2.75, 3.05) is 0 Å². The summed E-state index contributed by atoms with van der Waals surface area (Å²) in [6.07, 6.45) is 18.0. The monoisotopic (exact) mass is 248 g/mol. The smallest absolute Gasteiger partial charge is 0.0533 e. The van der Waals surface area contributed by atoms with Crippen LogP contribution in [0.25, 0.3) is 0 Å². The van der Waals surface area contributed by atoms with Crippen LogP contribution in [0.5, 0.6) is 0 Å². The van der Waals surface area contributed by atoms with Gasteiger partial charge in [0, 0.05) is 0 Å². The lowest BCUT2D eigenvalue weighted by molar-refractivity contribution is 1.50. The van der Waals surface area contributed by atoms with E-state index < -0.39 is 0 Å². The molecule has 0 aliphatic heterocycles. The Hall–Kier alpha value is 0. The third-order valence-corrected chi connectivity index (χ3v) is 1.41. The lowest BCUT2D eigenvalue weighted by Crippen LogP contribution is -0.856. The van der Waals surface area contributed by atoms with Gasteiger partial charge < -0.3 is 0 Å². The van der Waals surface area contributed by atoms with E-state index in [-0.39, 0.29) is 37.1 Å². The summed E-state index contributed by atoms with van der Waals surface area (Å²) in [5.41, 5.74) is 0. The Bertz CT molecular complexity index is 43.0. The number of hydrogen-bond donors (Lipinski definition) is 0. The first-order valence-corrected chi connectivity index (χ1v) is 6.00. The van der Waals surface area contributed by atoms with Crippen molar-refractivity contribution < 1.29 is 0 Å². The van der Waals surface area contributed by atoms with E-state index >= 15 is 0 Å². The highest BCUT2D eigenvalue weighted by molar-refractivity contribution is 4.51. The molecule has 0 spiro atoms. The second-order valence-corrected chi connectivity index (χ2v) is 4.24. The van der Waals surface area contributed by atoms with Gasteiger partial charge in [0.15, 0.2) is 0 Å². The molecule has 4 rings (SSSR count). The highest BCUT2D eigenvalue weighted by Crippen LogP contribution is 2.15.